The molecule has 0 bridgehead atoms. The number of carbonyl (C=O) groups is 1. The Hall–Kier alpha value is -0.610. The molecule has 1 saturated carbocycles. The number of rotatable bonds is 3. The Bertz CT molecular complexity index is 354. The van der Waals surface area contributed by atoms with E-state index in [-0.39, 0.29) is 5.92 Å². The Morgan fingerprint density at radius 1 is 0.952 bits per heavy atom. The van der Waals surface area contributed by atoms with Gasteiger partial charge in [0.2, 0.25) is 5.91 Å². The maximum absolute atomic E-state index is 12.9. The lowest BCUT2D eigenvalue weighted by Gasteiger charge is -2.41. The van der Waals surface area contributed by atoms with Crippen molar-refractivity contribution < 1.29 is 4.79 Å². The summed E-state index contributed by atoms with van der Waals surface area (Å²) in [6, 6.07) is 0.616. The predicted octanol–water partition coefficient (Wildman–Crippen LogP) is 1.84. The Morgan fingerprint density at radius 3 is 2.48 bits per heavy atom. The van der Waals surface area contributed by atoms with Gasteiger partial charge in [0.05, 0.1) is 0 Å². The average molecular weight is 293 g/mol. The van der Waals surface area contributed by atoms with Gasteiger partial charge < -0.3 is 10.6 Å². The first kappa shape index (κ1) is 15.3. The highest BCUT2D eigenvalue weighted by molar-refractivity contribution is 5.79. The number of nitrogens with two attached hydrogens (primary N) is 1. The van der Waals surface area contributed by atoms with Crippen molar-refractivity contribution in [2.75, 3.05) is 32.7 Å². The van der Waals surface area contributed by atoms with Gasteiger partial charge in [0.1, 0.15) is 0 Å². The average Bonchev–Trinajstić information content (AvgIpc) is 3.09. The summed E-state index contributed by atoms with van der Waals surface area (Å²) in [5.41, 5.74) is 5.91. The van der Waals surface area contributed by atoms with Crippen LogP contribution in [0.2, 0.25) is 0 Å². The Balaban J connectivity index is 1.60. The number of amides is 1. The van der Waals surface area contributed by atoms with E-state index in [0.717, 1.165) is 25.9 Å². The fourth-order valence-electron chi connectivity index (χ4n) is 4.61. The number of hydrogen-bond donors (Lipinski definition) is 1. The summed E-state index contributed by atoms with van der Waals surface area (Å²) in [6.07, 6.45) is 9.78. The minimum atomic E-state index is 0.209. The van der Waals surface area contributed by atoms with Crippen molar-refractivity contribution in [1.29, 1.82) is 0 Å². The van der Waals surface area contributed by atoms with Crippen LogP contribution in [0.3, 0.4) is 0 Å². The van der Waals surface area contributed by atoms with Crippen LogP contribution in [0.25, 0.3) is 0 Å². The van der Waals surface area contributed by atoms with E-state index in [0.29, 0.717) is 24.4 Å². The van der Waals surface area contributed by atoms with E-state index >= 15 is 0 Å². The van der Waals surface area contributed by atoms with Crippen molar-refractivity contribution in [3.63, 3.8) is 0 Å². The summed E-state index contributed by atoms with van der Waals surface area (Å²) in [5, 5.41) is 0. The molecule has 0 aromatic heterocycles. The van der Waals surface area contributed by atoms with E-state index in [1.54, 1.807) is 0 Å². The molecule has 21 heavy (non-hydrogen) atoms. The molecule has 0 aromatic rings. The maximum Gasteiger partial charge on any atom is 0.226 e. The molecule has 2 aliphatic heterocycles. The second kappa shape index (κ2) is 7.10. The zero-order valence-corrected chi connectivity index (χ0v) is 13.3. The Kier molecular flexibility index (Phi) is 5.17. The van der Waals surface area contributed by atoms with Crippen LogP contribution in [0, 0.1) is 11.8 Å². The second-order valence-electron chi connectivity index (χ2n) is 7.21. The topological polar surface area (TPSA) is 49.6 Å². The van der Waals surface area contributed by atoms with Gasteiger partial charge in [-0.1, -0.05) is 12.8 Å². The van der Waals surface area contributed by atoms with E-state index < -0.39 is 0 Å². The summed E-state index contributed by atoms with van der Waals surface area (Å²) in [4.78, 5) is 17.7. The van der Waals surface area contributed by atoms with Gasteiger partial charge in [0.25, 0.3) is 0 Å². The van der Waals surface area contributed by atoms with Crippen LogP contribution in [-0.2, 0) is 4.79 Å². The molecular formula is C17H31N3O. The van der Waals surface area contributed by atoms with Gasteiger partial charge in [0.15, 0.2) is 0 Å². The zero-order chi connectivity index (χ0) is 14.7. The normalized spacial score (nSPS) is 35.1. The van der Waals surface area contributed by atoms with Crippen molar-refractivity contribution in [2.24, 2.45) is 17.6 Å². The molecule has 2 N–H and O–H groups in total. The van der Waals surface area contributed by atoms with Crippen LogP contribution >= 0.6 is 0 Å². The molecule has 4 heteroatoms. The SMILES string of the molecule is NCC1CCCCC1C(=O)N1CCCC(N2CCCC2)C1. The highest BCUT2D eigenvalue weighted by Crippen LogP contribution is 2.32. The molecule has 0 radical (unpaired) electrons. The van der Waals surface area contributed by atoms with E-state index in [2.05, 4.69) is 9.80 Å². The van der Waals surface area contributed by atoms with E-state index in [1.165, 1.54) is 51.6 Å². The number of nitrogens with zero attached hydrogens (tertiary/aromatic N) is 2. The smallest absolute Gasteiger partial charge is 0.226 e. The van der Waals surface area contributed by atoms with Gasteiger partial charge in [-0.25, -0.2) is 0 Å². The van der Waals surface area contributed by atoms with Crippen molar-refractivity contribution in [1.82, 2.24) is 9.80 Å². The van der Waals surface area contributed by atoms with E-state index in [9.17, 15) is 4.79 Å². The lowest BCUT2D eigenvalue weighted by Crippen LogP contribution is -2.51. The first-order chi connectivity index (χ1) is 10.3. The lowest BCUT2D eigenvalue weighted by atomic mass is 9.78. The van der Waals surface area contributed by atoms with Crippen molar-refractivity contribution in [2.45, 2.75) is 57.4 Å². The summed E-state index contributed by atoms with van der Waals surface area (Å²) in [6.45, 7) is 5.09. The fraction of sp³-hybridized carbons (Fsp3) is 0.941. The Morgan fingerprint density at radius 2 is 1.71 bits per heavy atom. The molecule has 4 nitrogen and oxygen atoms in total. The van der Waals surface area contributed by atoms with Crippen LogP contribution in [0.1, 0.15) is 51.4 Å². The van der Waals surface area contributed by atoms with Crippen molar-refractivity contribution in [3.8, 4) is 0 Å². The van der Waals surface area contributed by atoms with Gasteiger partial charge in [-0.05, 0) is 64.1 Å². The van der Waals surface area contributed by atoms with Gasteiger partial charge in [0, 0.05) is 25.0 Å². The minimum absolute atomic E-state index is 0.209. The molecule has 2 heterocycles. The summed E-state index contributed by atoms with van der Waals surface area (Å²) in [7, 11) is 0. The summed E-state index contributed by atoms with van der Waals surface area (Å²) < 4.78 is 0. The molecule has 3 unspecified atom stereocenters. The molecule has 3 fully saturated rings. The third-order valence-corrected chi connectivity index (χ3v) is 5.89. The molecule has 0 spiro atoms. The summed E-state index contributed by atoms with van der Waals surface area (Å²) >= 11 is 0. The van der Waals surface area contributed by atoms with Crippen LogP contribution in [0.4, 0.5) is 0 Å². The molecule has 1 aliphatic carbocycles. The molecule has 3 rings (SSSR count). The predicted molar refractivity (Wildman–Crippen MR) is 84.9 cm³/mol. The van der Waals surface area contributed by atoms with Gasteiger partial charge in [-0.15, -0.1) is 0 Å². The molecule has 3 aliphatic rings. The van der Waals surface area contributed by atoms with Gasteiger partial charge >= 0.3 is 0 Å². The molecule has 120 valence electrons. The molecule has 2 saturated heterocycles. The maximum atomic E-state index is 12.9. The number of carbonyl (C=O) groups excluding carboxylic acids is 1. The van der Waals surface area contributed by atoms with Crippen LogP contribution < -0.4 is 5.73 Å². The van der Waals surface area contributed by atoms with Crippen LogP contribution in [0.5, 0.6) is 0 Å². The highest BCUT2D eigenvalue weighted by Gasteiger charge is 2.36. The number of likely N-dealkylation sites (tertiary alicyclic amines) is 2. The fourth-order valence-corrected chi connectivity index (χ4v) is 4.61. The van der Waals surface area contributed by atoms with Gasteiger partial charge in [-0.3, -0.25) is 9.69 Å². The first-order valence-corrected chi connectivity index (χ1v) is 9.02. The minimum Gasteiger partial charge on any atom is -0.341 e. The largest absolute Gasteiger partial charge is 0.341 e. The lowest BCUT2D eigenvalue weighted by molar-refractivity contribution is -0.140. The quantitative estimate of drug-likeness (QED) is 0.864. The van der Waals surface area contributed by atoms with Crippen LogP contribution in [-0.4, -0.2) is 54.5 Å². The summed E-state index contributed by atoms with van der Waals surface area (Å²) in [5.74, 6) is 1.05. The highest BCUT2D eigenvalue weighted by atomic mass is 16.2. The van der Waals surface area contributed by atoms with Crippen molar-refractivity contribution >= 4 is 5.91 Å². The monoisotopic (exact) mass is 293 g/mol. The van der Waals surface area contributed by atoms with Crippen LogP contribution in [0.15, 0.2) is 0 Å². The number of piperidine rings is 1. The third-order valence-electron chi connectivity index (χ3n) is 5.89. The molecule has 0 aromatic carbocycles. The molecular weight excluding hydrogens is 262 g/mol. The van der Waals surface area contributed by atoms with E-state index in [4.69, 9.17) is 5.73 Å². The second-order valence-corrected chi connectivity index (χ2v) is 7.21. The van der Waals surface area contributed by atoms with Gasteiger partial charge in [-0.2, -0.15) is 0 Å². The number of hydrogen-bond acceptors (Lipinski definition) is 3. The first-order valence-electron chi connectivity index (χ1n) is 9.02. The van der Waals surface area contributed by atoms with E-state index in [1.807, 2.05) is 0 Å². The molecule has 1 amide bonds. The molecule has 3 atom stereocenters. The third kappa shape index (κ3) is 3.42. The standard InChI is InChI=1S/C17H31N3O/c18-12-14-6-1-2-8-16(14)17(21)20-11-5-7-15(13-20)19-9-3-4-10-19/h14-16H,1-13,18H2. The zero-order valence-electron chi connectivity index (χ0n) is 13.3. The Labute approximate surface area is 129 Å². The van der Waals surface area contributed by atoms with Crippen molar-refractivity contribution in [3.05, 3.63) is 0 Å².